The van der Waals surface area contributed by atoms with Gasteiger partial charge in [-0.1, -0.05) is 43.0 Å². The molecule has 1 aromatic carbocycles. The highest BCUT2D eigenvalue weighted by Crippen LogP contribution is 2.37. The van der Waals surface area contributed by atoms with Gasteiger partial charge >= 0.3 is 0 Å². The minimum atomic E-state index is -1.08. The number of aryl methyl sites for hydroxylation is 2. The first-order valence-corrected chi connectivity index (χ1v) is 12.6. The lowest BCUT2D eigenvalue weighted by Gasteiger charge is -2.44. The third-order valence-electron chi connectivity index (χ3n) is 6.95. The summed E-state index contributed by atoms with van der Waals surface area (Å²) in [6.45, 7) is 6.22. The number of carbonyl (C=O) groups excluding carboxylic acids is 2. The molecule has 0 radical (unpaired) electrons. The van der Waals surface area contributed by atoms with E-state index < -0.39 is 5.54 Å². The van der Waals surface area contributed by atoms with Gasteiger partial charge < -0.3 is 5.32 Å². The molecule has 6 nitrogen and oxygen atoms in total. The number of hydrogen-bond donors (Lipinski definition) is 1. The number of anilines is 1. The van der Waals surface area contributed by atoms with Gasteiger partial charge in [-0.2, -0.15) is 5.10 Å². The summed E-state index contributed by atoms with van der Waals surface area (Å²) < 4.78 is 1.72. The maximum absolute atomic E-state index is 13.9. The maximum atomic E-state index is 13.9. The predicted octanol–water partition coefficient (Wildman–Crippen LogP) is 5.10. The van der Waals surface area contributed by atoms with Gasteiger partial charge in [0.25, 0.3) is 5.91 Å². The molecule has 1 atom stereocenters. The molecule has 3 heterocycles. The zero-order valence-corrected chi connectivity index (χ0v) is 20.2. The molecule has 1 fully saturated rings. The summed E-state index contributed by atoms with van der Waals surface area (Å²) in [4.78, 5) is 30.4. The van der Waals surface area contributed by atoms with E-state index in [4.69, 9.17) is 5.10 Å². The normalized spacial score (nSPS) is 21.2. The summed E-state index contributed by atoms with van der Waals surface area (Å²) in [5.41, 5.74) is 3.08. The first-order valence-electron chi connectivity index (χ1n) is 11.7. The molecule has 0 bridgehead atoms. The zero-order chi connectivity index (χ0) is 23.2. The van der Waals surface area contributed by atoms with E-state index in [0.29, 0.717) is 12.2 Å². The average molecular weight is 463 g/mol. The number of benzene rings is 1. The number of thiophene rings is 1. The molecule has 1 aliphatic carbocycles. The first kappa shape index (κ1) is 21.9. The molecule has 2 aromatic heterocycles. The van der Waals surface area contributed by atoms with E-state index in [0.717, 1.165) is 53.1 Å². The molecule has 1 saturated carbocycles. The van der Waals surface area contributed by atoms with Crippen molar-refractivity contribution in [1.82, 2.24) is 15.1 Å². The Morgan fingerprint density at radius 1 is 1.15 bits per heavy atom. The lowest BCUT2D eigenvalue weighted by Crippen LogP contribution is -2.65. The molecule has 0 spiro atoms. The maximum Gasteiger partial charge on any atom is 0.277 e. The topological polar surface area (TPSA) is 67.2 Å². The summed E-state index contributed by atoms with van der Waals surface area (Å²) in [6, 6.07) is 12.0. The van der Waals surface area contributed by atoms with Crippen molar-refractivity contribution in [2.75, 3.05) is 4.90 Å². The monoisotopic (exact) mass is 462 g/mol. The largest absolute Gasteiger partial charge is 0.351 e. The Kier molecular flexibility index (Phi) is 5.60. The number of carbonyl (C=O) groups is 2. The van der Waals surface area contributed by atoms with Crippen molar-refractivity contribution >= 4 is 28.8 Å². The summed E-state index contributed by atoms with van der Waals surface area (Å²) >= 11 is 1.59. The van der Waals surface area contributed by atoms with Crippen molar-refractivity contribution in [3.8, 4) is 10.6 Å². The van der Waals surface area contributed by atoms with E-state index in [1.165, 1.54) is 6.42 Å². The van der Waals surface area contributed by atoms with E-state index in [2.05, 4.69) is 11.4 Å². The molecular formula is C26H30N4O2S. The van der Waals surface area contributed by atoms with Crippen molar-refractivity contribution in [1.29, 1.82) is 0 Å². The number of nitrogens with one attached hydrogen (secondary N) is 1. The van der Waals surface area contributed by atoms with Crippen molar-refractivity contribution < 1.29 is 9.59 Å². The SMILES string of the molecule is Cc1ccc(N2C(=O)c3cc(-c4cccs4)nn3C[C@]2(C)C(=O)NC2CCCCC2)c(C)c1. The fourth-order valence-electron chi connectivity index (χ4n) is 5.15. The van der Waals surface area contributed by atoms with Crippen LogP contribution in [-0.4, -0.2) is 33.2 Å². The summed E-state index contributed by atoms with van der Waals surface area (Å²) in [7, 11) is 0. The second-order valence-corrected chi connectivity index (χ2v) is 10.5. The van der Waals surface area contributed by atoms with Gasteiger partial charge in [0, 0.05) is 11.7 Å². The van der Waals surface area contributed by atoms with Gasteiger partial charge in [0.15, 0.2) is 0 Å². The van der Waals surface area contributed by atoms with Crippen LogP contribution in [0.4, 0.5) is 5.69 Å². The van der Waals surface area contributed by atoms with Gasteiger partial charge in [-0.3, -0.25) is 19.2 Å². The Labute approximate surface area is 198 Å². The summed E-state index contributed by atoms with van der Waals surface area (Å²) in [5.74, 6) is -0.300. The molecular weight excluding hydrogens is 432 g/mol. The number of nitrogens with zero attached hydrogens (tertiary/aromatic N) is 3. The first-order chi connectivity index (χ1) is 15.9. The fourth-order valence-corrected chi connectivity index (χ4v) is 5.83. The van der Waals surface area contributed by atoms with Crippen LogP contribution in [0.5, 0.6) is 0 Å². The van der Waals surface area contributed by atoms with E-state index in [9.17, 15) is 9.59 Å². The second kappa shape index (κ2) is 8.45. The van der Waals surface area contributed by atoms with Crippen molar-refractivity contribution in [2.24, 2.45) is 0 Å². The number of amides is 2. The van der Waals surface area contributed by atoms with Gasteiger partial charge in [-0.25, -0.2) is 0 Å². The molecule has 0 unspecified atom stereocenters. The van der Waals surface area contributed by atoms with Gasteiger partial charge in [0.05, 0.1) is 11.4 Å². The van der Waals surface area contributed by atoms with E-state index in [1.807, 2.05) is 56.5 Å². The van der Waals surface area contributed by atoms with Crippen LogP contribution in [-0.2, 0) is 11.3 Å². The summed E-state index contributed by atoms with van der Waals surface area (Å²) in [5, 5.41) is 10.0. The Hall–Kier alpha value is -2.93. The molecule has 7 heteroatoms. The van der Waals surface area contributed by atoms with Crippen LogP contribution in [0, 0.1) is 13.8 Å². The lowest BCUT2D eigenvalue weighted by molar-refractivity contribution is -0.127. The highest BCUT2D eigenvalue weighted by atomic mass is 32.1. The lowest BCUT2D eigenvalue weighted by atomic mass is 9.90. The van der Waals surface area contributed by atoms with Crippen LogP contribution in [0.15, 0.2) is 41.8 Å². The van der Waals surface area contributed by atoms with E-state index >= 15 is 0 Å². The molecule has 1 aliphatic heterocycles. The molecule has 3 aromatic rings. The minimum absolute atomic E-state index is 0.110. The number of fused-ring (bicyclic) bond motifs is 1. The molecule has 0 saturated heterocycles. The average Bonchev–Trinajstić information content (AvgIpc) is 3.46. The predicted molar refractivity (Wildman–Crippen MR) is 132 cm³/mol. The van der Waals surface area contributed by atoms with Crippen LogP contribution in [0.25, 0.3) is 10.6 Å². The van der Waals surface area contributed by atoms with E-state index in [-0.39, 0.29) is 17.9 Å². The van der Waals surface area contributed by atoms with Crippen molar-refractivity contribution in [3.05, 3.63) is 58.6 Å². The van der Waals surface area contributed by atoms with E-state index in [1.54, 1.807) is 20.9 Å². The molecule has 5 rings (SSSR count). The van der Waals surface area contributed by atoms with Crippen LogP contribution in [0.1, 0.15) is 60.6 Å². The van der Waals surface area contributed by atoms with Gasteiger partial charge in [0.2, 0.25) is 5.91 Å². The molecule has 33 heavy (non-hydrogen) atoms. The minimum Gasteiger partial charge on any atom is -0.351 e. The Bertz CT molecular complexity index is 1190. The second-order valence-electron chi connectivity index (χ2n) is 9.56. The third kappa shape index (κ3) is 3.88. The van der Waals surface area contributed by atoms with Gasteiger partial charge in [-0.05, 0) is 62.8 Å². The third-order valence-corrected chi connectivity index (χ3v) is 7.84. The summed E-state index contributed by atoms with van der Waals surface area (Å²) in [6.07, 6.45) is 5.48. The number of rotatable bonds is 4. The number of hydrogen-bond acceptors (Lipinski definition) is 4. The van der Waals surface area contributed by atoms with Crippen molar-refractivity contribution in [2.45, 2.75) is 71.0 Å². The molecule has 172 valence electrons. The highest BCUT2D eigenvalue weighted by Gasteiger charge is 2.49. The van der Waals surface area contributed by atoms with Gasteiger partial charge in [0.1, 0.15) is 16.9 Å². The van der Waals surface area contributed by atoms with Gasteiger partial charge in [-0.15, -0.1) is 11.3 Å². The number of aromatic nitrogens is 2. The standard InChI is InChI=1S/C26H30N4O2S/c1-17-11-12-21(18(2)14-17)30-24(31)22-15-20(23-10-7-13-33-23)28-29(22)16-26(30,3)25(32)27-19-8-5-4-6-9-19/h7,10-15,19H,4-6,8-9,16H2,1-3H3,(H,27,32)/t26-/m1/s1. The Morgan fingerprint density at radius 2 is 1.94 bits per heavy atom. The molecule has 2 amide bonds. The van der Waals surface area contributed by atoms with Crippen LogP contribution < -0.4 is 10.2 Å². The quantitative estimate of drug-likeness (QED) is 0.587. The highest BCUT2D eigenvalue weighted by molar-refractivity contribution is 7.13. The smallest absolute Gasteiger partial charge is 0.277 e. The Balaban J connectivity index is 1.58. The van der Waals surface area contributed by atoms with Crippen LogP contribution >= 0.6 is 11.3 Å². The molecule has 1 N–H and O–H groups in total. The fraction of sp³-hybridized carbons (Fsp3) is 0.423. The zero-order valence-electron chi connectivity index (χ0n) is 19.4. The van der Waals surface area contributed by atoms with Crippen LogP contribution in [0.3, 0.4) is 0 Å². The molecule has 2 aliphatic rings. The Morgan fingerprint density at radius 3 is 2.64 bits per heavy atom. The van der Waals surface area contributed by atoms with Crippen molar-refractivity contribution in [3.63, 3.8) is 0 Å². The van der Waals surface area contributed by atoms with Crippen LogP contribution in [0.2, 0.25) is 0 Å².